The molecule has 0 radical (unpaired) electrons. The molecular formula is C16H11ClN2O2. The Morgan fingerprint density at radius 1 is 1.14 bits per heavy atom. The first kappa shape index (κ1) is 13.5. The second kappa shape index (κ2) is 5.50. The highest BCUT2D eigenvalue weighted by Gasteiger charge is 2.09. The molecule has 0 aliphatic carbocycles. The molecule has 0 atom stereocenters. The number of carbonyl (C=O) groups excluding carboxylic acids is 1. The van der Waals surface area contributed by atoms with E-state index in [0.717, 1.165) is 5.39 Å². The summed E-state index contributed by atoms with van der Waals surface area (Å²) in [4.78, 5) is 19.6. The first-order valence-electron chi connectivity index (χ1n) is 6.33. The fourth-order valence-corrected chi connectivity index (χ4v) is 2.17. The Morgan fingerprint density at radius 3 is 2.71 bits per heavy atom. The van der Waals surface area contributed by atoms with Crippen LogP contribution in [0.4, 0.5) is 0 Å². The summed E-state index contributed by atoms with van der Waals surface area (Å²) >= 11 is 6.14. The Labute approximate surface area is 126 Å². The number of benzene rings is 1. The minimum Gasteiger partial charge on any atom is -0.437 e. The Morgan fingerprint density at radius 2 is 2.00 bits per heavy atom. The van der Waals surface area contributed by atoms with Gasteiger partial charge in [-0.1, -0.05) is 11.6 Å². The highest BCUT2D eigenvalue weighted by Crippen LogP contribution is 2.31. The predicted molar refractivity (Wildman–Crippen MR) is 81.1 cm³/mol. The summed E-state index contributed by atoms with van der Waals surface area (Å²) in [5.74, 6) is 0.931. The molecule has 0 aliphatic heterocycles. The Balaban J connectivity index is 1.98. The molecule has 0 saturated heterocycles. The van der Waals surface area contributed by atoms with Gasteiger partial charge in [-0.25, -0.2) is 4.98 Å². The van der Waals surface area contributed by atoms with Crippen LogP contribution in [0.25, 0.3) is 10.9 Å². The van der Waals surface area contributed by atoms with E-state index in [1.54, 1.807) is 30.5 Å². The van der Waals surface area contributed by atoms with Gasteiger partial charge >= 0.3 is 0 Å². The maximum atomic E-state index is 11.2. The van der Waals surface area contributed by atoms with Crippen molar-refractivity contribution in [2.75, 3.05) is 0 Å². The molecule has 0 fully saturated rings. The van der Waals surface area contributed by atoms with Crippen LogP contribution in [0.1, 0.15) is 17.3 Å². The lowest BCUT2D eigenvalue weighted by Crippen LogP contribution is -1.95. The van der Waals surface area contributed by atoms with Crippen molar-refractivity contribution in [1.82, 2.24) is 9.97 Å². The molecule has 104 valence electrons. The Bertz CT molecular complexity index is 816. The largest absolute Gasteiger partial charge is 0.437 e. The standard InChI is InChI=1S/C16H11ClN2O2/c1-10(20)11-4-7-15(19-9-11)21-14-6-5-13(17)12-3-2-8-18-16(12)14/h2-9H,1H3. The van der Waals surface area contributed by atoms with Crippen LogP contribution >= 0.6 is 11.6 Å². The minimum atomic E-state index is -0.0346. The second-order valence-corrected chi connectivity index (χ2v) is 4.90. The van der Waals surface area contributed by atoms with Crippen LogP contribution in [-0.2, 0) is 0 Å². The summed E-state index contributed by atoms with van der Waals surface area (Å²) in [5, 5.41) is 1.43. The number of halogens is 1. The van der Waals surface area contributed by atoms with Crippen molar-refractivity contribution >= 4 is 28.3 Å². The number of carbonyl (C=O) groups is 1. The van der Waals surface area contributed by atoms with E-state index in [2.05, 4.69) is 9.97 Å². The lowest BCUT2D eigenvalue weighted by molar-refractivity contribution is 0.101. The van der Waals surface area contributed by atoms with Crippen LogP contribution in [0.3, 0.4) is 0 Å². The first-order chi connectivity index (χ1) is 10.1. The molecule has 0 saturated carbocycles. The molecule has 2 heterocycles. The fourth-order valence-electron chi connectivity index (χ4n) is 1.96. The van der Waals surface area contributed by atoms with E-state index >= 15 is 0 Å². The normalized spacial score (nSPS) is 10.6. The highest BCUT2D eigenvalue weighted by atomic mass is 35.5. The smallest absolute Gasteiger partial charge is 0.219 e. The second-order valence-electron chi connectivity index (χ2n) is 4.49. The molecule has 0 spiro atoms. The number of ether oxygens (including phenoxy) is 1. The van der Waals surface area contributed by atoms with Gasteiger partial charge in [0.2, 0.25) is 5.88 Å². The van der Waals surface area contributed by atoms with Crippen molar-refractivity contribution in [3.05, 3.63) is 59.4 Å². The number of hydrogen-bond donors (Lipinski definition) is 0. The third-order valence-corrected chi connectivity index (χ3v) is 3.37. The van der Waals surface area contributed by atoms with E-state index in [1.807, 2.05) is 12.1 Å². The summed E-state index contributed by atoms with van der Waals surface area (Å²) in [7, 11) is 0. The van der Waals surface area contributed by atoms with E-state index in [1.165, 1.54) is 13.1 Å². The van der Waals surface area contributed by atoms with Crippen LogP contribution in [-0.4, -0.2) is 15.8 Å². The monoisotopic (exact) mass is 298 g/mol. The van der Waals surface area contributed by atoms with Gasteiger partial charge in [-0.2, -0.15) is 0 Å². The SMILES string of the molecule is CC(=O)c1ccc(Oc2ccc(Cl)c3cccnc23)nc1. The topological polar surface area (TPSA) is 52.1 Å². The van der Waals surface area contributed by atoms with Crippen molar-refractivity contribution in [3.8, 4) is 11.6 Å². The molecule has 5 heteroatoms. The van der Waals surface area contributed by atoms with Crippen LogP contribution < -0.4 is 4.74 Å². The number of rotatable bonds is 3. The highest BCUT2D eigenvalue weighted by molar-refractivity contribution is 6.35. The van der Waals surface area contributed by atoms with Gasteiger partial charge in [0.25, 0.3) is 0 Å². The first-order valence-corrected chi connectivity index (χ1v) is 6.71. The molecular weight excluding hydrogens is 288 g/mol. The average Bonchev–Trinajstić information content (AvgIpc) is 2.51. The number of nitrogens with zero attached hydrogens (tertiary/aromatic N) is 2. The summed E-state index contributed by atoms with van der Waals surface area (Å²) < 4.78 is 5.74. The number of aromatic nitrogens is 2. The van der Waals surface area contributed by atoms with Gasteiger partial charge in [-0.15, -0.1) is 0 Å². The van der Waals surface area contributed by atoms with Crippen LogP contribution in [0.15, 0.2) is 48.8 Å². The van der Waals surface area contributed by atoms with Gasteiger partial charge in [-0.05, 0) is 37.3 Å². The zero-order valence-corrected chi connectivity index (χ0v) is 12.0. The number of hydrogen-bond acceptors (Lipinski definition) is 4. The van der Waals surface area contributed by atoms with Crippen molar-refractivity contribution in [2.24, 2.45) is 0 Å². The third kappa shape index (κ3) is 2.71. The minimum absolute atomic E-state index is 0.0346. The Hall–Kier alpha value is -2.46. The molecule has 2 aromatic heterocycles. The Kier molecular flexibility index (Phi) is 3.54. The zero-order chi connectivity index (χ0) is 14.8. The molecule has 3 rings (SSSR count). The van der Waals surface area contributed by atoms with Crippen molar-refractivity contribution < 1.29 is 9.53 Å². The number of Topliss-reactive ketones (excluding diaryl/α,β-unsaturated/α-hetero) is 1. The molecule has 0 unspecified atom stereocenters. The lowest BCUT2D eigenvalue weighted by Gasteiger charge is -2.08. The maximum absolute atomic E-state index is 11.2. The number of pyridine rings is 2. The lowest BCUT2D eigenvalue weighted by atomic mass is 10.2. The van der Waals surface area contributed by atoms with Gasteiger partial charge in [0.15, 0.2) is 11.5 Å². The van der Waals surface area contributed by atoms with Gasteiger partial charge in [0, 0.05) is 29.4 Å². The van der Waals surface area contributed by atoms with Gasteiger partial charge in [0.1, 0.15) is 5.52 Å². The van der Waals surface area contributed by atoms with Crippen LogP contribution in [0.2, 0.25) is 5.02 Å². The molecule has 0 amide bonds. The molecule has 3 aromatic rings. The van der Waals surface area contributed by atoms with Gasteiger partial charge < -0.3 is 4.74 Å². The third-order valence-electron chi connectivity index (χ3n) is 3.04. The van der Waals surface area contributed by atoms with E-state index < -0.39 is 0 Å². The van der Waals surface area contributed by atoms with Gasteiger partial charge in [0.05, 0.1) is 5.02 Å². The fraction of sp³-hybridized carbons (Fsp3) is 0.0625. The average molecular weight is 299 g/mol. The summed E-state index contributed by atoms with van der Waals surface area (Å²) in [6, 6.07) is 10.5. The van der Waals surface area contributed by atoms with Crippen molar-refractivity contribution in [1.29, 1.82) is 0 Å². The molecule has 0 N–H and O–H groups in total. The summed E-state index contributed by atoms with van der Waals surface area (Å²) in [6.45, 7) is 1.49. The van der Waals surface area contributed by atoms with Gasteiger partial charge in [-0.3, -0.25) is 9.78 Å². The van der Waals surface area contributed by atoms with Crippen molar-refractivity contribution in [2.45, 2.75) is 6.92 Å². The van der Waals surface area contributed by atoms with E-state index in [9.17, 15) is 4.79 Å². The number of ketones is 1. The predicted octanol–water partition coefficient (Wildman–Crippen LogP) is 4.28. The summed E-state index contributed by atoms with van der Waals surface area (Å²) in [5.41, 5.74) is 1.21. The number of fused-ring (bicyclic) bond motifs is 1. The van der Waals surface area contributed by atoms with Crippen molar-refractivity contribution in [3.63, 3.8) is 0 Å². The van der Waals surface area contributed by atoms with E-state index in [-0.39, 0.29) is 5.78 Å². The van der Waals surface area contributed by atoms with E-state index in [4.69, 9.17) is 16.3 Å². The van der Waals surface area contributed by atoms with E-state index in [0.29, 0.717) is 27.7 Å². The molecule has 21 heavy (non-hydrogen) atoms. The quantitative estimate of drug-likeness (QED) is 0.677. The molecule has 4 nitrogen and oxygen atoms in total. The summed E-state index contributed by atoms with van der Waals surface area (Å²) in [6.07, 6.45) is 3.17. The zero-order valence-electron chi connectivity index (χ0n) is 11.2. The molecule has 1 aromatic carbocycles. The van der Waals surface area contributed by atoms with Crippen LogP contribution in [0, 0.1) is 0 Å². The molecule has 0 aliphatic rings. The molecule has 0 bridgehead atoms. The van der Waals surface area contributed by atoms with Crippen LogP contribution in [0.5, 0.6) is 11.6 Å². The maximum Gasteiger partial charge on any atom is 0.219 e.